The van der Waals surface area contributed by atoms with Crippen LogP contribution in [0.2, 0.25) is 0 Å². The van der Waals surface area contributed by atoms with E-state index < -0.39 is 11.6 Å². The Morgan fingerprint density at radius 2 is 1.10 bits per heavy atom. The van der Waals surface area contributed by atoms with Crippen LogP contribution in [0.3, 0.4) is 0 Å². The number of hydrogen-bond donors (Lipinski definition) is 1. The van der Waals surface area contributed by atoms with Crippen molar-refractivity contribution in [1.82, 2.24) is 0 Å². The quantitative estimate of drug-likeness (QED) is 0.453. The van der Waals surface area contributed by atoms with E-state index in [-0.39, 0.29) is 11.5 Å². The Balaban J connectivity index is 1.78. The molecule has 0 radical (unpaired) electrons. The molecule has 0 saturated heterocycles. The number of aryl methyl sites for hydroxylation is 2. The number of nitrogens with one attached hydrogen (secondary N) is 1. The van der Waals surface area contributed by atoms with Gasteiger partial charge in [-0.1, -0.05) is 74.5 Å². The van der Waals surface area contributed by atoms with Gasteiger partial charge in [0.05, 0.1) is 0 Å². The highest BCUT2D eigenvalue weighted by Gasteiger charge is 2.19. The highest BCUT2D eigenvalue weighted by molar-refractivity contribution is 6.49. The van der Waals surface area contributed by atoms with E-state index in [2.05, 4.69) is 19.2 Å². The van der Waals surface area contributed by atoms with Crippen molar-refractivity contribution >= 4 is 23.2 Å². The molecule has 0 aliphatic heterocycles. The maximum atomic E-state index is 12.7. The zero-order valence-electron chi connectivity index (χ0n) is 16.6. The monoisotopic (exact) mass is 385 g/mol. The van der Waals surface area contributed by atoms with Crippen molar-refractivity contribution in [3.63, 3.8) is 0 Å². The minimum Gasteiger partial charge on any atom is -0.321 e. The van der Waals surface area contributed by atoms with Crippen molar-refractivity contribution in [3.8, 4) is 0 Å². The van der Waals surface area contributed by atoms with Crippen molar-refractivity contribution in [2.45, 2.75) is 26.7 Å². The summed E-state index contributed by atoms with van der Waals surface area (Å²) in [5.41, 5.74) is 4.06. The Bertz CT molecular complexity index is 1020. The normalized spacial score (nSPS) is 10.4. The first-order valence-electron chi connectivity index (χ1n) is 9.71. The van der Waals surface area contributed by atoms with E-state index in [1.807, 2.05) is 18.2 Å². The minimum absolute atomic E-state index is 0.242. The summed E-state index contributed by atoms with van der Waals surface area (Å²) >= 11 is 0. The summed E-state index contributed by atoms with van der Waals surface area (Å²) in [5, 5.41) is 3.00. The Hall–Kier alpha value is -3.53. The Morgan fingerprint density at radius 1 is 0.621 bits per heavy atom. The molecule has 4 heteroatoms. The van der Waals surface area contributed by atoms with Gasteiger partial charge in [-0.2, -0.15) is 0 Å². The number of rotatable bonds is 7. The molecule has 0 heterocycles. The lowest BCUT2D eigenvalue weighted by Crippen LogP contribution is -2.16. The van der Waals surface area contributed by atoms with Gasteiger partial charge in [0.15, 0.2) is 0 Å². The molecule has 3 rings (SSSR count). The van der Waals surface area contributed by atoms with Crippen LogP contribution in [0.25, 0.3) is 0 Å². The molecule has 4 nitrogen and oxygen atoms in total. The molecular formula is C25H23NO3. The second kappa shape index (κ2) is 9.11. The van der Waals surface area contributed by atoms with Crippen LogP contribution in [-0.2, 0) is 12.8 Å². The van der Waals surface area contributed by atoms with Crippen molar-refractivity contribution in [2.75, 3.05) is 5.32 Å². The third-order valence-corrected chi connectivity index (χ3v) is 4.89. The summed E-state index contributed by atoms with van der Waals surface area (Å²) in [5.74, 6) is -1.39. The molecule has 3 aromatic carbocycles. The van der Waals surface area contributed by atoms with Crippen molar-refractivity contribution in [3.05, 3.63) is 101 Å². The lowest BCUT2D eigenvalue weighted by molar-refractivity contribution is 0.0817. The second-order valence-corrected chi connectivity index (χ2v) is 6.71. The zero-order valence-corrected chi connectivity index (χ0v) is 16.6. The summed E-state index contributed by atoms with van der Waals surface area (Å²) in [4.78, 5) is 37.5. The number of anilines is 1. The van der Waals surface area contributed by atoms with E-state index in [9.17, 15) is 14.4 Å². The number of carbonyl (C=O) groups is 3. The van der Waals surface area contributed by atoms with Gasteiger partial charge in [0.1, 0.15) is 0 Å². The third kappa shape index (κ3) is 4.49. The van der Waals surface area contributed by atoms with Crippen LogP contribution in [0.4, 0.5) is 5.69 Å². The van der Waals surface area contributed by atoms with Gasteiger partial charge in [0.25, 0.3) is 5.91 Å². The Labute approximate surface area is 170 Å². The number of para-hydroxylation sites is 1. The van der Waals surface area contributed by atoms with E-state index >= 15 is 0 Å². The molecule has 146 valence electrons. The molecule has 29 heavy (non-hydrogen) atoms. The summed E-state index contributed by atoms with van der Waals surface area (Å²) in [6, 6.07) is 20.6. The van der Waals surface area contributed by atoms with Gasteiger partial charge >= 0.3 is 0 Å². The fourth-order valence-electron chi connectivity index (χ4n) is 3.21. The first-order valence-corrected chi connectivity index (χ1v) is 9.71. The number of carbonyl (C=O) groups excluding carboxylic acids is 3. The average molecular weight is 385 g/mol. The highest BCUT2D eigenvalue weighted by Crippen LogP contribution is 2.23. The van der Waals surface area contributed by atoms with E-state index in [1.54, 1.807) is 42.5 Å². The van der Waals surface area contributed by atoms with E-state index in [0.29, 0.717) is 11.1 Å². The first-order chi connectivity index (χ1) is 14.0. The Kier molecular flexibility index (Phi) is 6.35. The SMILES string of the molecule is CCc1cccc(CC)c1NC(=O)c1ccc(C(=O)C(=O)c2ccccc2)cc1. The molecule has 0 aliphatic carbocycles. The molecule has 0 bridgehead atoms. The largest absolute Gasteiger partial charge is 0.321 e. The molecule has 0 fully saturated rings. The number of hydrogen-bond acceptors (Lipinski definition) is 3. The molecule has 1 N–H and O–H groups in total. The van der Waals surface area contributed by atoms with Gasteiger partial charge in [-0.15, -0.1) is 0 Å². The van der Waals surface area contributed by atoms with Crippen LogP contribution in [0.15, 0.2) is 72.8 Å². The van der Waals surface area contributed by atoms with E-state index in [0.717, 1.165) is 29.7 Å². The summed E-state index contributed by atoms with van der Waals surface area (Å²) in [6.07, 6.45) is 1.64. The molecular weight excluding hydrogens is 362 g/mol. The van der Waals surface area contributed by atoms with Crippen LogP contribution >= 0.6 is 0 Å². The number of amides is 1. The van der Waals surface area contributed by atoms with Gasteiger partial charge < -0.3 is 5.32 Å². The van der Waals surface area contributed by atoms with Gasteiger partial charge in [-0.25, -0.2) is 0 Å². The molecule has 0 spiro atoms. The van der Waals surface area contributed by atoms with Crippen LogP contribution in [0.1, 0.15) is 56.0 Å². The van der Waals surface area contributed by atoms with Crippen molar-refractivity contribution in [2.24, 2.45) is 0 Å². The first kappa shape index (κ1) is 20.2. The maximum Gasteiger partial charge on any atom is 0.255 e. The van der Waals surface area contributed by atoms with Crippen LogP contribution in [0, 0.1) is 0 Å². The van der Waals surface area contributed by atoms with Gasteiger partial charge in [-0.05, 0) is 36.1 Å². The standard InChI is InChI=1S/C25H23NO3/c1-3-17-11-8-12-18(4-2)22(17)26-25(29)21-15-13-20(14-16-21)24(28)23(27)19-9-6-5-7-10-19/h5-16H,3-4H2,1-2H3,(H,26,29). The smallest absolute Gasteiger partial charge is 0.255 e. The van der Waals surface area contributed by atoms with E-state index in [1.165, 1.54) is 12.1 Å². The molecule has 0 saturated carbocycles. The molecule has 0 unspecified atom stereocenters. The van der Waals surface area contributed by atoms with Crippen LogP contribution in [0.5, 0.6) is 0 Å². The molecule has 0 aromatic heterocycles. The predicted octanol–water partition coefficient (Wildman–Crippen LogP) is 5.13. The highest BCUT2D eigenvalue weighted by atomic mass is 16.2. The van der Waals surface area contributed by atoms with Gasteiger partial charge in [-0.3, -0.25) is 14.4 Å². The topological polar surface area (TPSA) is 63.2 Å². The number of Topliss-reactive ketones (excluding diaryl/α,β-unsaturated/α-hetero) is 2. The third-order valence-electron chi connectivity index (χ3n) is 4.89. The van der Waals surface area contributed by atoms with Gasteiger partial charge in [0.2, 0.25) is 11.6 Å². The summed E-state index contributed by atoms with van der Waals surface area (Å²) in [6.45, 7) is 4.10. The van der Waals surface area contributed by atoms with E-state index in [4.69, 9.17) is 0 Å². The molecule has 0 aliphatic rings. The lowest BCUT2D eigenvalue weighted by Gasteiger charge is -2.14. The number of ketones is 2. The Morgan fingerprint density at radius 3 is 1.62 bits per heavy atom. The summed E-state index contributed by atoms with van der Waals surface area (Å²) < 4.78 is 0. The van der Waals surface area contributed by atoms with Crippen molar-refractivity contribution in [1.29, 1.82) is 0 Å². The summed E-state index contributed by atoms with van der Waals surface area (Å²) in [7, 11) is 0. The molecule has 1 amide bonds. The fraction of sp³-hybridized carbons (Fsp3) is 0.160. The van der Waals surface area contributed by atoms with Crippen LogP contribution < -0.4 is 5.32 Å². The minimum atomic E-state index is -0.590. The predicted molar refractivity (Wildman–Crippen MR) is 115 cm³/mol. The second-order valence-electron chi connectivity index (χ2n) is 6.71. The molecule has 0 atom stereocenters. The van der Waals surface area contributed by atoms with Crippen LogP contribution in [-0.4, -0.2) is 17.5 Å². The van der Waals surface area contributed by atoms with Gasteiger partial charge in [0, 0.05) is 22.4 Å². The average Bonchev–Trinajstić information content (AvgIpc) is 2.78. The lowest BCUT2D eigenvalue weighted by atomic mass is 10.00. The fourth-order valence-corrected chi connectivity index (χ4v) is 3.21. The van der Waals surface area contributed by atoms with Crippen molar-refractivity contribution < 1.29 is 14.4 Å². The zero-order chi connectivity index (χ0) is 20.8. The maximum absolute atomic E-state index is 12.7. The molecule has 3 aromatic rings. The number of benzene rings is 3.